The van der Waals surface area contributed by atoms with Crippen LogP contribution >= 0.6 is 0 Å². The van der Waals surface area contributed by atoms with E-state index < -0.39 is 0 Å². The molecule has 15 heavy (non-hydrogen) atoms. The molecule has 0 atom stereocenters. The first kappa shape index (κ1) is 12.1. The van der Waals surface area contributed by atoms with Crippen molar-refractivity contribution in [1.82, 2.24) is 9.78 Å². The molecule has 0 saturated heterocycles. The SMILES string of the molecule is Cc1cnn(-c2[c-]cc(F)cc2)c1C.[Pt]. The van der Waals surface area contributed by atoms with Crippen LogP contribution in [0, 0.1) is 25.7 Å². The summed E-state index contributed by atoms with van der Waals surface area (Å²) in [5.74, 6) is -0.282. The summed E-state index contributed by atoms with van der Waals surface area (Å²) in [6, 6.07) is 7.21. The molecule has 0 unspecified atom stereocenters. The minimum atomic E-state index is -0.282. The minimum absolute atomic E-state index is 0. The molecule has 2 nitrogen and oxygen atoms in total. The predicted octanol–water partition coefficient (Wildman–Crippen LogP) is 2.43. The Morgan fingerprint density at radius 3 is 2.53 bits per heavy atom. The van der Waals surface area contributed by atoms with E-state index in [9.17, 15) is 4.39 Å². The third-order valence-electron chi connectivity index (χ3n) is 2.24. The molecule has 0 radical (unpaired) electrons. The van der Waals surface area contributed by atoms with E-state index in [4.69, 9.17) is 0 Å². The molecule has 0 aliphatic heterocycles. The topological polar surface area (TPSA) is 17.8 Å². The fourth-order valence-corrected chi connectivity index (χ4v) is 1.26. The fraction of sp³-hybridized carbons (Fsp3) is 0.182. The number of nitrogens with zero attached hydrogens (tertiary/aromatic N) is 2. The number of hydrogen-bond donors (Lipinski definition) is 0. The summed E-state index contributed by atoms with van der Waals surface area (Å²) < 4.78 is 14.4. The van der Waals surface area contributed by atoms with Gasteiger partial charge in [-0.15, -0.1) is 18.2 Å². The second-order valence-electron chi connectivity index (χ2n) is 3.22. The van der Waals surface area contributed by atoms with E-state index in [1.54, 1.807) is 16.9 Å². The van der Waals surface area contributed by atoms with E-state index in [-0.39, 0.29) is 26.9 Å². The number of hydrogen-bond acceptors (Lipinski definition) is 1. The third-order valence-corrected chi connectivity index (χ3v) is 2.24. The van der Waals surface area contributed by atoms with Gasteiger partial charge in [0.25, 0.3) is 0 Å². The number of rotatable bonds is 1. The van der Waals surface area contributed by atoms with Gasteiger partial charge in [-0.2, -0.15) is 11.2 Å². The van der Waals surface area contributed by atoms with E-state index >= 15 is 0 Å². The van der Waals surface area contributed by atoms with Crippen LogP contribution in [0.3, 0.4) is 0 Å². The molecule has 2 aromatic rings. The van der Waals surface area contributed by atoms with Crippen LogP contribution < -0.4 is 0 Å². The molecule has 1 aromatic carbocycles. The van der Waals surface area contributed by atoms with Crippen molar-refractivity contribution in [1.29, 1.82) is 0 Å². The quantitative estimate of drug-likeness (QED) is 0.691. The maximum atomic E-state index is 12.6. The maximum Gasteiger partial charge on any atom is 0.0525 e. The van der Waals surface area contributed by atoms with Crippen LogP contribution in [0.15, 0.2) is 24.4 Å². The van der Waals surface area contributed by atoms with Crippen molar-refractivity contribution in [2.24, 2.45) is 0 Å². The molecule has 2 rings (SSSR count). The number of benzene rings is 1. The zero-order valence-electron chi connectivity index (χ0n) is 8.40. The van der Waals surface area contributed by atoms with Crippen LogP contribution in [0.4, 0.5) is 4.39 Å². The molecule has 1 aromatic heterocycles. The molecule has 0 N–H and O–H groups in total. The van der Waals surface area contributed by atoms with E-state index in [1.165, 1.54) is 12.1 Å². The third kappa shape index (κ3) is 2.35. The van der Waals surface area contributed by atoms with Crippen molar-refractivity contribution in [2.45, 2.75) is 13.8 Å². The van der Waals surface area contributed by atoms with E-state index in [0.717, 1.165) is 16.9 Å². The zero-order valence-corrected chi connectivity index (χ0v) is 10.7. The summed E-state index contributed by atoms with van der Waals surface area (Å²) in [4.78, 5) is 0. The molecule has 82 valence electrons. The van der Waals surface area contributed by atoms with E-state index in [2.05, 4.69) is 11.2 Å². The Labute approximate surface area is 102 Å². The normalized spacial score (nSPS) is 9.80. The molecule has 0 saturated carbocycles. The standard InChI is InChI=1S/C11H10FN2.Pt/c1-8-7-13-14(9(8)2)11-5-3-10(12)4-6-11;/h3-5,7H,1-2H3;/q-1;. The van der Waals surface area contributed by atoms with E-state index in [1.807, 2.05) is 13.8 Å². The van der Waals surface area contributed by atoms with Crippen LogP contribution in [0.25, 0.3) is 5.69 Å². The molecule has 1 heterocycles. The van der Waals surface area contributed by atoms with Gasteiger partial charge < -0.3 is 0 Å². The molecule has 0 aliphatic carbocycles. The molecule has 0 aliphatic rings. The predicted molar refractivity (Wildman–Crippen MR) is 51.8 cm³/mol. The zero-order chi connectivity index (χ0) is 10.1. The Morgan fingerprint density at radius 2 is 2.07 bits per heavy atom. The molecule has 4 heteroatoms. The second-order valence-corrected chi connectivity index (χ2v) is 3.22. The minimum Gasteiger partial charge on any atom is -0.284 e. The summed E-state index contributed by atoms with van der Waals surface area (Å²) in [6.07, 6.45) is 1.78. The summed E-state index contributed by atoms with van der Waals surface area (Å²) in [7, 11) is 0. The van der Waals surface area contributed by atoms with Crippen molar-refractivity contribution < 1.29 is 25.5 Å². The van der Waals surface area contributed by atoms with Crippen molar-refractivity contribution in [2.75, 3.05) is 0 Å². The Morgan fingerprint density at radius 1 is 1.33 bits per heavy atom. The average Bonchev–Trinajstić information content (AvgIpc) is 2.50. The van der Waals surface area contributed by atoms with Crippen LogP contribution in [-0.2, 0) is 21.1 Å². The summed E-state index contributed by atoms with van der Waals surface area (Å²) in [5, 5.41) is 4.18. The number of aryl methyl sites for hydroxylation is 1. The molecular weight excluding hydrogens is 374 g/mol. The molecular formula is C11H10FN2Pt-. The van der Waals surface area contributed by atoms with Gasteiger partial charge in [0.1, 0.15) is 0 Å². The molecule has 0 amide bonds. The van der Waals surface area contributed by atoms with Gasteiger partial charge in [-0.05, 0) is 25.1 Å². The Balaban J connectivity index is 0.00000112. The Kier molecular flexibility index (Phi) is 3.81. The monoisotopic (exact) mass is 384 g/mol. The van der Waals surface area contributed by atoms with Crippen molar-refractivity contribution >= 4 is 0 Å². The van der Waals surface area contributed by atoms with Gasteiger partial charge in [-0.25, -0.2) is 0 Å². The van der Waals surface area contributed by atoms with Crippen LogP contribution in [0.5, 0.6) is 0 Å². The van der Waals surface area contributed by atoms with Crippen molar-refractivity contribution in [3.63, 3.8) is 0 Å². The van der Waals surface area contributed by atoms with Crippen LogP contribution in [-0.4, -0.2) is 9.78 Å². The van der Waals surface area contributed by atoms with Gasteiger partial charge in [-0.1, -0.05) is 0 Å². The maximum absolute atomic E-state index is 12.6. The van der Waals surface area contributed by atoms with Gasteiger partial charge in [0.2, 0.25) is 0 Å². The van der Waals surface area contributed by atoms with Crippen LogP contribution in [0.1, 0.15) is 11.3 Å². The Bertz CT molecular complexity index is 448. The number of halogens is 1. The first-order valence-electron chi connectivity index (χ1n) is 4.37. The Hall–Kier alpha value is -0.952. The molecule has 0 spiro atoms. The van der Waals surface area contributed by atoms with Gasteiger partial charge in [0.15, 0.2) is 0 Å². The number of aromatic nitrogens is 2. The van der Waals surface area contributed by atoms with Gasteiger partial charge >= 0.3 is 0 Å². The largest absolute Gasteiger partial charge is 0.284 e. The fourth-order valence-electron chi connectivity index (χ4n) is 1.26. The van der Waals surface area contributed by atoms with Crippen molar-refractivity contribution in [3.05, 3.63) is 47.5 Å². The van der Waals surface area contributed by atoms with E-state index in [0.29, 0.717) is 0 Å². The van der Waals surface area contributed by atoms with Crippen molar-refractivity contribution in [3.8, 4) is 5.69 Å². The molecule has 0 fully saturated rings. The summed E-state index contributed by atoms with van der Waals surface area (Å²) >= 11 is 0. The van der Waals surface area contributed by atoms with Gasteiger partial charge in [-0.3, -0.25) is 9.07 Å². The molecule has 0 bridgehead atoms. The second kappa shape index (κ2) is 4.71. The first-order chi connectivity index (χ1) is 6.68. The summed E-state index contributed by atoms with van der Waals surface area (Å²) in [5.41, 5.74) is 2.92. The van der Waals surface area contributed by atoms with Gasteiger partial charge in [0.05, 0.1) is 6.20 Å². The summed E-state index contributed by atoms with van der Waals surface area (Å²) in [6.45, 7) is 3.96. The first-order valence-corrected chi connectivity index (χ1v) is 4.37. The smallest absolute Gasteiger partial charge is 0.0525 e. The van der Waals surface area contributed by atoms with Crippen LogP contribution in [0.2, 0.25) is 0 Å². The van der Waals surface area contributed by atoms with Gasteiger partial charge in [0, 0.05) is 32.6 Å². The average molecular weight is 384 g/mol.